The highest BCUT2D eigenvalue weighted by atomic mass is 16.4. The zero-order valence-electron chi connectivity index (χ0n) is 10.00. The standard InChI is InChI=1S/C12H14N2O5/c13-10(16)7-2-1-3-8(6-7)11(17)14-9(4-5-15)12(18)19/h1-3,6,9,15H,4-5H2,(H2,13,16)(H,14,17)(H,18,19)/t9-/m0/s1. The van der Waals surface area contributed by atoms with Gasteiger partial charge in [-0.1, -0.05) is 6.07 Å². The van der Waals surface area contributed by atoms with Crippen molar-refractivity contribution in [2.24, 2.45) is 5.73 Å². The summed E-state index contributed by atoms with van der Waals surface area (Å²) in [6.45, 7) is -0.363. The Morgan fingerprint density at radius 3 is 2.42 bits per heavy atom. The number of carboxylic acid groups (broad SMARTS) is 1. The van der Waals surface area contributed by atoms with Gasteiger partial charge in [-0.3, -0.25) is 9.59 Å². The molecule has 0 aliphatic heterocycles. The predicted molar refractivity (Wildman–Crippen MR) is 65.6 cm³/mol. The van der Waals surface area contributed by atoms with Gasteiger partial charge in [0, 0.05) is 24.2 Å². The Balaban J connectivity index is 2.85. The molecule has 1 atom stereocenters. The molecule has 19 heavy (non-hydrogen) atoms. The van der Waals surface area contributed by atoms with E-state index in [0.29, 0.717) is 0 Å². The quantitative estimate of drug-likeness (QED) is 0.543. The minimum absolute atomic E-state index is 0.101. The van der Waals surface area contributed by atoms with Gasteiger partial charge in [0.15, 0.2) is 0 Å². The second-order valence-electron chi connectivity index (χ2n) is 3.82. The normalized spacial score (nSPS) is 11.6. The van der Waals surface area contributed by atoms with Gasteiger partial charge < -0.3 is 21.3 Å². The molecule has 0 fully saturated rings. The van der Waals surface area contributed by atoms with Gasteiger partial charge in [0.2, 0.25) is 5.91 Å². The van der Waals surface area contributed by atoms with Crippen molar-refractivity contribution in [3.05, 3.63) is 35.4 Å². The lowest BCUT2D eigenvalue weighted by Crippen LogP contribution is -2.41. The molecule has 1 aromatic carbocycles. The van der Waals surface area contributed by atoms with Crippen LogP contribution in [0.4, 0.5) is 0 Å². The summed E-state index contributed by atoms with van der Waals surface area (Å²) in [7, 11) is 0. The van der Waals surface area contributed by atoms with Crippen molar-refractivity contribution in [3.8, 4) is 0 Å². The summed E-state index contributed by atoms with van der Waals surface area (Å²) in [6, 6.07) is 4.43. The Labute approximate surface area is 109 Å². The first-order chi connectivity index (χ1) is 8.95. The first kappa shape index (κ1) is 14.7. The van der Waals surface area contributed by atoms with Crippen LogP contribution in [0.1, 0.15) is 27.1 Å². The van der Waals surface area contributed by atoms with E-state index in [1.54, 1.807) is 0 Å². The number of hydrogen-bond donors (Lipinski definition) is 4. The third-order valence-electron chi connectivity index (χ3n) is 2.43. The number of nitrogens with one attached hydrogen (secondary N) is 1. The Morgan fingerprint density at radius 1 is 1.26 bits per heavy atom. The molecule has 7 heteroatoms. The van der Waals surface area contributed by atoms with Gasteiger partial charge in [-0.15, -0.1) is 0 Å². The third kappa shape index (κ3) is 4.07. The highest BCUT2D eigenvalue weighted by Crippen LogP contribution is 2.05. The van der Waals surface area contributed by atoms with Gasteiger partial charge in [0.25, 0.3) is 5.91 Å². The molecule has 1 rings (SSSR count). The number of aliphatic hydroxyl groups is 1. The number of carbonyl (C=O) groups is 3. The second-order valence-corrected chi connectivity index (χ2v) is 3.82. The van der Waals surface area contributed by atoms with E-state index in [0.717, 1.165) is 0 Å². The molecule has 0 bridgehead atoms. The van der Waals surface area contributed by atoms with Crippen LogP contribution in [0.15, 0.2) is 24.3 Å². The molecule has 0 saturated carbocycles. The summed E-state index contributed by atoms with van der Waals surface area (Å²) in [6.07, 6.45) is -0.101. The van der Waals surface area contributed by atoms with Crippen molar-refractivity contribution in [3.63, 3.8) is 0 Å². The van der Waals surface area contributed by atoms with Gasteiger partial charge in [0.1, 0.15) is 6.04 Å². The minimum Gasteiger partial charge on any atom is -0.480 e. The predicted octanol–water partition coefficient (Wildman–Crippen LogP) is -0.649. The summed E-state index contributed by atoms with van der Waals surface area (Å²) in [5.74, 6) is -2.57. The van der Waals surface area contributed by atoms with E-state index in [1.807, 2.05) is 0 Å². The average Bonchev–Trinajstić information content (AvgIpc) is 2.38. The largest absolute Gasteiger partial charge is 0.480 e. The number of carbonyl (C=O) groups excluding carboxylic acids is 2. The van der Waals surface area contributed by atoms with E-state index >= 15 is 0 Å². The molecule has 102 valence electrons. The number of benzene rings is 1. The van der Waals surface area contributed by atoms with Crippen molar-refractivity contribution in [2.45, 2.75) is 12.5 Å². The van der Waals surface area contributed by atoms with Gasteiger partial charge in [0.05, 0.1) is 0 Å². The number of hydrogen-bond acceptors (Lipinski definition) is 4. The van der Waals surface area contributed by atoms with Crippen LogP contribution in [0, 0.1) is 0 Å². The molecule has 0 aromatic heterocycles. The fourth-order valence-electron chi connectivity index (χ4n) is 1.44. The van der Waals surface area contributed by atoms with Gasteiger partial charge in [-0.25, -0.2) is 4.79 Å². The Bertz CT molecular complexity index is 501. The minimum atomic E-state index is -1.24. The Kier molecular flexibility index (Phi) is 5.01. The molecule has 0 heterocycles. The summed E-state index contributed by atoms with van der Waals surface area (Å²) < 4.78 is 0. The molecular weight excluding hydrogens is 252 g/mol. The molecule has 2 amide bonds. The molecule has 0 saturated heterocycles. The fraction of sp³-hybridized carbons (Fsp3) is 0.250. The zero-order chi connectivity index (χ0) is 14.4. The lowest BCUT2D eigenvalue weighted by Gasteiger charge is -2.13. The van der Waals surface area contributed by atoms with Gasteiger partial charge in [-0.2, -0.15) is 0 Å². The van der Waals surface area contributed by atoms with Crippen molar-refractivity contribution in [1.82, 2.24) is 5.32 Å². The van der Waals surface area contributed by atoms with Crippen molar-refractivity contribution >= 4 is 17.8 Å². The van der Waals surface area contributed by atoms with Crippen LogP contribution in [-0.4, -0.2) is 40.6 Å². The van der Waals surface area contributed by atoms with Crippen LogP contribution in [0.2, 0.25) is 0 Å². The van der Waals surface area contributed by atoms with E-state index in [4.69, 9.17) is 15.9 Å². The third-order valence-corrected chi connectivity index (χ3v) is 2.43. The number of nitrogens with two attached hydrogens (primary N) is 1. The van der Waals surface area contributed by atoms with E-state index in [9.17, 15) is 14.4 Å². The second kappa shape index (κ2) is 6.50. The zero-order valence-corrected chi connectivity index (χ0v) is 10.00. The molecule has 0 aliphatic rings. The fourth-order valence-corrected chi connectivity index (χ4v) is 1.44. The van der Waals surface area contributed by atoms with Gasteiger partial charge >= 0.3 is 5.97 Å². The van der Waals surface area contributed by atoms with Crippen molar-refractivity contribution in [1.29, 1.82) is 0 Å². The van der Waals surface area contributed by atoms with E-state index in [2.05, 4.69) is 5.32 Å². The average molecular weight is 266 g/mol. The van der Waals surface area contributed by atoms with Crippen LogP contribution < -0.4 is 11.1 Å². The lowest BCUT2D eigenvalue weighted by molar-refractivity contribution is -0.139. The number of primary amides is 1. The van der Waals surface area contributed by atoms with Gasteiger partial charge in [-0.05, 0) is 18.2 Å². The molecule has 0 spiro atoms. The maximum atomic E-state index is 11.8. The molecule has 7 nitrogen and oxygen atoms in total. The van der Waals surface area contributed by atoms with E-state index in [1.165, 1.54) is 24.3 Å². The lowest BCUT2D eigenvalue weighted by atomic mass is 10.1. The highest BCUT2D eigenvalue weighted by molar-refractivity contribution is 6.00. The Hall–Kier alpha value is -2.41. The SMILES string of the molecule is NC(=O)c1cccc(C(=O)N[C@@H](CCO)C(=O)O)c1. The summed E-state index contributed by atoms with van der Waals surface area (Å²) in [5, 5.41) is 19.8. The highest BCUT2D eigenvalue weighted by Gasteiger charge is 2.20. The maximum Gasteiger partial charge on any atom is 0.326 e. The number of rotatable bonds is 6. The molecule has 0 radical (unpaired) electrons. The smallest absolute Gasteiger partial charge is 0.326 e. The molecular formula is C12H14N2O5. The summed E-state index contributed by atoms with van der Waals surface area (Å²) >= 11 is 0. The number of aliphatic hydroxyl groups excluding tert-OH is 1. The summed E-state index contributed by atoms with van der Waals surface area (Å²) in [5.41, 5.74) is 5.36. The van der Waals surface area contributed by atoms with Crippen LogP contribution in [-0.2, 0) is 4.79 Å². The molecule has 1 aromatic rings. The monoisotopic (exact) mass is 266 g/mol. The Morgan fingerprint density at radius 2 is 1.89 bits per heavy atom. The van der Waals surface area contributed by atoms with E-state index < -0.39 is 23.8 Å². The van der Waals surface area contributed by atoms with Crippen molar-refractivity contribution in [2.75, 3.05) is 6.61 Å². The molecule has 0 unspecified atom stereocenters. The molecule has 5 N–H and O–H groups in total. The summed E-state index contributed by atoms with van der Waals surface area (Å²) in [4.78, 5) is 33.6. The van der Waals surface area contributed by atoms with Crippen LogP contribution in [0.3, 0.4) is 0 Å². The molecule has 0 aliphatic carbocycles. The topological polar surface area (TPSA) is 130 Å². The number of aliphatic carboxylic acids is 1. The van der Waals surface area contributed by atoms with Crippen LogP contribution in [0.25, 0.3) is 0 Å². The van der Waals surface area contributed by atoms with Crippen LogP contribution >= 0.6 is 0 Å². The van der Waals surface area contributed by atoms with Crippen LogP contribution in [0.5, 0.6) is 0 Å². The maximum absolute atomic E-state index is 11.8. The first-order valence-corrected chi connectivity index (χ1v) is 5.50. The number of amides is 2. The van der Waals surface area contributed by atoms with E-state index in [-0.39, 0.29) is 24.2 Å². The van der Waals surface area contributed by atoms with Crippen molar-refractivity contribution < 1.29 is 24.6 Å². The number of carboxylic acids is 1. The first-order valence-electron chi connectivity index (χ1n) is 5.50.